The minimum Gasteiger partial charge on any atom is -0.398 e. The van der Waals surface area contributed by atoms with Gasteiger partial charge in [-0.2, -0.15) is 0 Å². The average Bonchev–Trinajstić information content (AvgIpc) is 3.11. The molecule has 0 saturated heterocycles. The Morgan fingerprint density at radius 2 is 1.40 bits per heavy atom. The Labute approximate surface area is 172 Å². The summed E-state index contributed by atoms with van der Waals surface area (Å²) in [5, 5.41) is 0. The largest absolute Gasteiger partial charge is 0.398 e. The molecule has 0 bridgehead atoms. The third-order valence-corrected chi connectivity index (χ3v) is 5.28. The van der Waals surface area contributed by atoms with Crippen molar-refractivity contribution in [2.75, 3.05) is 5.73 Å². The van der Waals surface area contributed by atoms with Crippen LogP contribution in [0.4, 0.5) is 5.69 Å². The number of carbonyl (C=O) groups is 5. The van der Waals surface area contributed by atoms with Crippen LogP contribution in [0, 0.1) is 5.92 Å². The third-order valence-electron chi connectivity index (χ3n) is 5.28. The van der Waals surface area contributed by atoms with Gasteiger partial charge in [0.25, 0.3) is 29.5 Å². The quantitative estimate of drug-likeness (QED) is 0.615. The summed E-state index contributed by atoms with van der Waals surface area (Å²) < 4.78 is 0. The van der Waals surface area contributed by atoms with Crippen molar-refractivity contribution in [1.82, 2.24) is 9.80 Å². The monoisotopic (exact) mass is 405 g/mol. The summed E-state index contributed by atoms with van der Waals surface area (Å²) in [5.74, 6) is -3.90. The first-order valence-corrected chi connectivity index (χ1v) is 9.52. The van der Waals surface area contributed by atoms with Crippen LogP contribution in [0.15, 0.2) is 42.5 Å². The highest BCUT2D eigenvalue weighted by atomic mass is 16.2. The van der Waals surface area contributed by atoms with E-state index in [0.29, 0.717) is 4.90 Å². The lowest BCUT2D eigenvalue weighted by Crippen LogP contribution is -2.53. The SMILES string of the molecule is CC(C)CC(C(=O)N1C(=O)c2cccc(N)c2C1=O)N1C(=O)c2ccccc2C1=O. The molecule has 5 amide bonds. The van der Waals surface area contributed by atoms with Crippen LogP contribution in [-0.4, -0.2) is 45.4 Å². The molecule has 8 heteroatoms. The van der Waals surface area contributed by atoms with Crippen LogP contribution in [0.5, 0.6) is 0 Å². The van der Waals surface area contributed by atoms with Crippen LogP contribution >= 0.6 is 0 Å². The number of benzene rings is 2. The number of rotatable bonds is 4. The molecule has 2 aromatic rings. The molecule has 152 valence electrons. The predicted octanol–water partition coefficient (Wildman–Crippen LogP) is 2.10. The minimum atomic E-state index is -1.29. The number of amides is 5. The molecule has 0 aliphatic carbocycles. The molecule has 1 unspecified atom stereocenters. The van der Waals surface area contributed by atoms with E-state index in [4.69, 9.17) is 5.73 Å². The summed E-state index contributed by atoms with van der Waals surface area (Å²) in [6.07, 6.45) is 0.104. The van der Waals surface area contributed by atoms with E-state index in [-0.39, 0.29) is 40.3 Å². The lowest BCUT2D eigenvalue weighted by atomic mass is 10.0. The van der Waals surface area contributed by atoms with E-state index in [9.17, 15) is 24.0 Å². The van der Waals surface area contributed by atoms with Gasteiger partial charge in [-0.15, -0.1) is 0 Å². The van der Waals surface area contributed by atoms with Gasteiger partial charge in [0.05, 0.1) is 22.3 Å². The lowest BCUT2D eigenvalue weighted by Gasteiger charge is -2.28. The summed E-state index contributed by atoms with van der Waals surface area (Å²) in [4.78, 5) is 66.3. The number of fused-ring (bicyclic) bond motifs is 2. The van der Waals surface area contributed by atoms with Gasteiger partial charge in [0.2, 0.25) is 0 Å². The molecule has 0 saturated carbocycles. The topological polar surface area (TPSA) is 118 Å². The third kappa shape index (κ3) is 2.72. The minimum absolute atomic E-state index is 0.0269. The maximum Gasteiger partial charge on any atom is 0.270 e. The molecule has 0 spiro atoms. The second-order valence-corrected chi connectivity index (χ2v) is 7.72. The van der Waals surface area contributed by atoms with E-state index in [2.05, 4.69) is 0 Å². The van der Waals surface area contributed by atoms with Gasteiger partial charge >= 0.3 is 0 Å². The molecule has 8 nitrogen and oxygen atoms in total. The van der Waals surface area contributed by atoms with Gasteiger partial charge in [-0.1, -0.05) is 32.0 Å². The highest BCUT2D eigenvalue weighted by molar-refractivity contribution is 6.32. The van der Waals surface area contributed by atoms with Crippen molar-refractivity contribution in [2.24, 2.45) is 5.92 Å². The molecule has 30 heavy (non-hydrogen) atoms. The van der Waals surface area contributed by atoms with Crippen molar-refractivity contribution in [3.63, 3.8) is 0 Å². The fourth-order valence-electron chi connectivity index (χ4n) is 3.91. The number of hydrogen-bond acceptors (Lipinski definition) is 6. The van der Waals surface area contributed by atoms with Gasteiger partial charge in [0.15, 0.2) is 0 Å². The Bertz CT molecular complexity index is 1100. The highest BCUT2D eigenvalue weighted by Gasteiger charge is 2.49. The maximum atomic E-state index is 13.4. The fraction of sp³-hybridized carbons (Fsp3) is 0.227. The first-order chi connectivity index (χ1) is 14.2. The number of carbonyl (C=O) groups excluding carboxylic acids is 5. The highest BCUT2D eigenvalue weighted by Crippen LogP contribution is 2.32. The van der Waals surface area contributed by atoms with Crippen molar-refractivity contribution >= 4 is 35.2 Å². The second kappa shape index (κ2) is 6.91. The molecule has 2 N–H and O–H groups in total. The van der Waals surface area contributed by atoms with Crippen molar-refractivity contribution in [1.29, 1.82) is 0 Å². The molecule has 2 heterocycles. The van der Waals surface area contributed by atoms with Crippen LogP contribution in [0.3, 0.4) is 0 Å². The maximum absolute atomic E-state index is 13.4. The Morgan fingerprint density at radius 1 is 0.833 bits per heavy atom. The zero-order valence-electron chi connectivity index (χ0n) is 16.4. The van der Waals surface area contributed by atoms with Gasteiger partial charge < -0.3 is 5.73 Å². The van der Waals surface area contributed by atoms with E-state index >= 15 is 0 Å². The number of imide groups is 4. The van der Waals surface area contributed by atoms with E-state index in [1.165, 1.54) is 30.3 Å². The van der Waals surface area contributed by atoms with Crippen molar-refractivity contribution in [2.45, 2.75) is 26.3 Å². The Hall–Kier alpha value is -3.81. The molecule has 0 fully saturated rings. The van der Waals surface area contributed by atoms with E-state index in [1.807, 2.05) is 13.8 Å². The number of nitrogen functional groups attached to an aromatic ring is 1. The van der Waals surface area contributed by atoms with E-state index < -0.39 is 35.6 Å². The Kier molecular flexibility index (Phi) is 4.49. The summed E-state index contributed by atoms with van der Waals surface area (Å²) >= 11 is 0. The van der Waals surface area contributed by atoms with Gasteiger partial charge in [-0.3, -0.25) is 28.9 Å². The normalized spacial score (nSPS) is 16.4. The summed E-state index contributed by atoms with van der Waals surface area (Å²) in [7, 11) is 0. The first-order valence-electron chi connectivity index (χ1n) is 9.52. The zero-order valence-corrected chi connectivity index (χ0v) is 16.4. The van der Waals surface area contributed by atoms with Gasteiger partial charge in [0.1, 0.15) is 6.04 Å². The van der Waals surface area contributed by atoms with E-state index in [1.54, 1.807) is 12.1 Å². The summed E-state index contributed by atoms with van der Waals surface area (Å²) in [6, 6.07) is 9.38. The number of hydrogen-bond donors (Lipinski definition) is 1. The van der Waals surface area contributed by atoms with Crippen molar-refractivity contribution < 1.29 is 24.0 Å². The first kappa shape index (κ1) is 19.5. The summed E-state index contributed by atoms with van der Waals surface area (Å²) in [5.41, 5.74) is 6.29. The number of nitrogens with two attached hydrogens (primary N) is 1. The number of anilines is 1. The molecule has 4 rings (SSSR count). The fourth-order valence-corrected chi connectivity index (χ4v) is 3.91. The standard InChI is InChI=1S/C22H19N3O5/c1-11(2)10-16(24-18(26)12-6-3-4-7-13(12)19(24)27)21(29)25-20(28)14-8-5-9-15(23)17(14)22(25)30/h3-9,11,16H,10,23H2,1-2H3. The Morgan fingerprint density at radius 3 is 1.93 bits per heavy atom. The molecule has 2 aromatic carbocycles. The molecule has 0 radical (unpaired) electrons. The molecule has 2 aliphatic heterocycles. The Balaban J connectivity index is 1.75. The zero-order chi connectivity index (χ0) is 21.7. The van der Waals surface area contributed by atoms with Crippen LogP contribution < -0.4 is 5.73 Å². The second-order valence-electron chi connectivity index (χ2n) is 7.72. The molecular weight excluding hydrogens is 386 g/mol. The van der Waals surface area contributed by atoms with E-state index in [0.717, 1.165) is 4.90 Å². The molecule has 2 aliphatic rings. The molecular formula is C22H19N3O5. The molecule has 1 atom stereocenters. The smallest absolute Gasteiger partial charge is 0.270 e. The van der Waals surface area contributed by atoms with Crippen LogP contribution in [0.1, 0.15) is 61.7 Å². The average molecular weight is 405 g/mol. The number of nitrogens with zero attached hydrogens (tertiary/aromatic N) is 2. The van der Waals surface area contributed by atoms with Crippen molar-refractivity contribution in [3.05, 3.63) is 64.7 Å². The van der Waals surface area contributed by atoms with Gasteiger partial charge in [-0.05, 0) is 36.6 Å². The summed E-state index contributed by atoms with van der Waals surface area (Å²) in [6.45, 7) is 3.64. The van der Waals surface area contributed by atoms with Crippen LogP contribution in [0.2, 0.25) is 0 Å². The van der Waals surface area contributed by atoms with Crippen molar-refractivity contribution in [3.8, 4) is 0 Å². The predicted molar refractivity (Wildman–Crippen MR) is 107 cm³/mol. The van der Waals surface area contributed by atoms with Gasteiger partial charge in [0, 0.05) is 5.69 Å². The van der Waals surface area contributed by atoms with Crippen LogP contribution in [-0.2, 0) is 4.79 Å². The van der Waals surface area contributed by atoms with Crippen LogP contribution in [0.25, 0.3) is 0 Å². The van der Waals surface area contributed by atoms with Gasteiger partial charge in [-0.25, -0.2) is 4.90 Å². The lowest BCUT2D eigenvalue weighted by molar-refractivity contribution is -0.131. The molecule has 0 aromatic heterocycles.